The van der Waals surface area contributed by atoms with Crippen LogP contribution in [0.4, 0.5) is 0 Å². The van der Waals surface area contributed by atoms with Crippen LogP contribution < -0.4 is 5.73 Å². The van der Waals surface area contributed by atoms with E-state index in [9.17, 15) is 0 Å². The predicted molar refractivity (Wildman–Crippen MR) is 82.2 cm³/mol. The zero-order chi connectivity index (χ0) is 14.4. The minimum Gasteiger partial charge on any atom is -0.388 e. The van der Waals surface area contributed by atoms with E-state index in [1.807, 2.05) is 4.68 Å². The van der Waals surface area contributed by atoms with Crippen molar-refractivity contribution in [2.24, 2.45) is 11.7 Å². The van der Waals surface area contributed by atoms with E-state index < -0.39 is 0 Å². The molecule has 1 heterocycles. The summed E-state index contributed by atoms with van der Waals surface area (Å²) in [5.41, 5.74) is 7.50. The lowest BCUT2D eigenvalue weighted by Crippen LogP contribution is -2.18. The molecule has 108 valence electrons. The lowest BCUT2D eigenvalue weighted by atomic mass is 10.1. The Morgan fingerprint density at radius 3 is 2.63 bits per heavy atom. The van der Waals surface area contributed by atoms with Gasteiger partial charge in [0.2, 0.25) is 0 Å². The van der Waals surface area contributed by atoms with Crippen molar-refractivity contribution in [1.82, 2.24) is 19.9 Å². The van der Waals surface area contributed by atoms with Gasteiger partial charge in [-0.1, -0.05) is 31.3 Å². The van der Waals surface area contributed by atoms with Gasteiger partial charge in [-0.05, 0) is 45.8 Å². The molecule has 6 heteroatoms. The normalized spacial score (nSPS) is 11.5. The summed E-state index contributed by atoms with van der Waals surface area (Å²) in [6.07, 6.45) is 3.07. The molecule has 1 aromatic heterocycles. The molecular formula is C13H25N5S. The molecule has 0 aliphatic rings. The highest BCUT2D eigenvalue weighted by molar-refractivity contribution is 7.80. The van der Waals surface area contributed by atoms with Crippen molar-refractivity contribution in [1.29, 1.82) is 0 Å². The van der Waals surface area contributed by atoms with Crippen molar-refractivity contribution in [2.45, 2.75) is 39.7 Å². The van der Waals surface area contributed by atoms with Crippen LogP contribution in [0.1, 0.15) is 38.1 Å². The van der Waals surface area contributed by atoms with E-state index in [-0.39, 0.29) is 0 Å². The van der Waals surface area contributed by atoms with Gasteiger partial charge in [-0.25, -0.2) is 4.68 Å². The van der Waals surface area contributed by atoms with Crippen LogP contribution in [0.15, 0.2) is 0 Å². The molecule has 0 saturated heterocycles. The number of aryl methyl sites for hydroxylation is 1. The Morgan fingerprint density at radius 2 is 2.11 bits per heavy atom. The summed E-state index contributed by atoms with van der Waals surface area (Å²) in [5, 5.41) is 8.32. The molecule has 0 aliphatic carbocycles. The lowest BCUT2D eigenvalue weighted by Gasteiger charge is -2.11. The van der Waals surface area contributed by atoms with Crippen LogP contribution in [0.3, 0.4) is 0 Å². The molecule has 0 unspecified atom stereocenters. The van der Waals surface area contributed by atoms with Gasteiger partial charge >= 0.3 is 0 Å². The van der Waals surface area contributed by atoms with E-state index >= 15 is 0 Å². The Bertz CT molecular complexity index is 411. The smallest absolute Gasteiger partial charge is 0.143 e. The first kappa shape index (κ1) is 16.0. The average Bonchev–Trinajstić information content (AvgIpc) is 2.69. The zero-order valence-electron chi connectivity index (χ0n) is 12.4. The van der Waals surface area contributed by atoms with Crippen LogP contribution in [0.25, 0.3) is 0 Å². The zero-order valence-corrected chi connectivity index (χ0v) is 13.2. The Balaban J connectivity index is 2.75. The van der Waals surface area contributed by atoms with Crippen molar-refractivity contribution >= 4 is 17.2 Å². The maximum Gasteiger partial charge on any atom is 0.143 e. The number of hydrogen-bond donors (Lipinski definition) is 1. The third-order valence-corrected chi connectivity index (χ3v) is 3.20. The van der Waals surface area contributed by atoms with Gasteiger partial charge in [-0.3, -0.25) is 0 Å². The number of aromatic nitrogens is 3. The summed E-state index contributed by atoms with van der Waals surface area (Å²) in [4.78, 5) is 2.51. The molecule has 1 aromatic rings. The topological polar surface area (TPSA) is 60.0 Å². The van der Waals surface area contributed by atoms with Crippen LogP contribution in [0.5, 0.6) is 0 Å². The Hall–Kier alpha value is -1.01. The molecule has 0 aliphatic heterocycles. The first-order chi connectivity index (χ1) is 8.91. The molecular weight excluding hydrogens is 258 g/mol. The standard InChI is InChI=1S/C13H25N5S/c1-10(2)6-7-11-12(13(14)19)15-16-18(11)9-5-8-17(3)4/h10H,5-9H2,1-4H3,(H2,14,19). The number of thiocarbonyl (C=S) groups is 1. The second-order valence-electron chi connectivity index (χ2n) is 5.56. The van der Waals surface area contributed by atoms with E-state index in [0.717, 1.165) is 38.0 Å². The predicted octanol–water partition coefficient (Wildman–Crippen LogP) is 1.45. The van der Waals surface area contributed by atoms with Crippen LogP contribution in [0.2, 0.25) is 0 Å². The van der Waals surface area contributed by atoms with Crippen molar-refractivity contribution in [3.63, 3.8) is 0 Å². The summed E-state index contributed by atoms with van der Waals surface area (Å²) in [6, 6.07) is 0. The Kier molecular flexibility index (Phi) is 6.37. The molecule has 0 spiro atoms. The second-order valence-corrected chi connectivity index (χ2v) is 6.00. The summed E-state index contributed by atoms with van der Waals surface area (Å²) in [7, 11) is 4.14. The van der Waals surface area contributed by atoms with Crippen molar-refractivity contribution < 1.29 is 0 Å². The summed E-state index contributed by atoms with van der Waals surface area (Å²) >= 11 is 5.05. The van der Waals surface area contributed by atoms with E-state index in [0.29, 0.717) is 16.6 Å². The lowest BCUT2D eigenvalue weighted by molar-refractivity contribution is 0.376. The Morgan fingerprint density at radius 1 is 1.42 bits per heavy atom. The molecule has 0 fully saturated rings. The summed E-state index contributed by atoms with van der Waals surface area (Å²) < 4.78 is 1.96. The largest absolute Gasteiger partial charge is 0.388 e. The second kappa shape index (κ2) is 7.55. The molecule has 0 radical (unpaired) electrons. The highest BCUT2D eigenvalue weighted by Gasteiger charge is 2.15. The molecule has 0 aromatic carbocycles. The first-order valence-corrected chi connectivity index (χ1v) is 7.19. The van der Waals surface area contributed by atoms with Crippen molar-refractivity contribution in [2.75, 3.05) is 20.6 Å². The van der Waals surface area contributed by atoms with Gasteiger partial charge in [0.1, 0.15) is 10.7 Å². The maximum absolute atomic E-state index is 5.72. The van der Waals surface area contributed by atoms with Gasteiger partial charge in [0, 0.05) is 6.54 Å². The van der Waals surface area contributed by atoms with E-state index in [1.54, 1.807) is 0 Å². The summed E-state index contributed by atoms with van der Waals surface area (Å²) in [6.45, 7) is 6.31. The van der Waals surface area contributed by atoms with Crippen LogP contribution in [0, 0.1) is 5.92 Å². The van der Waals surface area contributed by atoms with Gasteiger partial charge in [-0.15, -0.1) is 5.10 Å². The maximum atomic E-state index is 5.72. The van der Waals surface area contributed by atoms with E-state index in [1.165, 1.54) is 0 Å². The van der Waals surface area contributed by atoms with E-state index in [4.69, 9.17) is 18.0 Å². The van der Waals surface area contributed by atoms with Gasteiger partial charge in [0.05, 0.1) is 5.69 Å². The number of nitrogens with zero attached hydrogens (tertiary/aromatic N) is 4. The molecule has 0 amide bonds. The molecule has 19 heavy (non-hydrogen) atoms. The van der Waals surface area contributed by atoms with Gasteiger partial charge in [-0.2, -0.15) is 0 Å². The first-order valence-electron chi connectivity index (χ1n) is 6.78. The molecule has 0 bridgehead atoms. The number of rotatable bonds is 8. The fraction of sp³-hybridized carbons (Fsp3) is 0.769. The quantitative estimate of drug-likeness (QED) is 0.732. The van der Waals surface area contributed by atoms with Crippen LogP contribution in [-0.2, 0) is 13.0 Å². The molecule has 0 atom stereocenters. The van der Waals surface area contributed by atoms with Crippen LogP contribution >= 0.6 is 12.2 Å². The Labute approximate surface area is 121 Å². The van der Waals surface area contributed by atoms with Gasteiger partial charge < -0.3 is 10.6 Å². The number of hydrogen-bond acceptors (Lipinski definition) is 4. The molecule has 5 nitrogen and oxygen atoms in total. The minimum atomic E-state index is 0.345. The third kappa shape index (κ3) is 5.24. The van der Waals surface area contributed by atoms with Crippen molar-refractivity contribution in [3.05, 3.63) is 11.4 Å². The summed E-state index contributed by atoms with van der Waals surface area (Å²) in [5.74, 6) is 0.643. The molecule has 1 rings (SSSR count). The average molecular weight is 283 g/mol. The number of nitrogens with two attached hydrogens (primary N) is 1. The van der Waals surface area contributed by atoms with Crippen LogP contribution in [-0.4, -0.2) is 45.5 Å². The highest BCUT2D eigenvalue weighted by Crippen LogP contribution is 2.13. The van der Waals surface area contributed by atoms with Gasteiger partial charge in [0.15, 0.2) is 0 Å². The monoisotopic (exact) mass is 283 g/mol. The fourth-order valence-electron chi connectivity index (χ4n) is 1.91. The minimum absolute atomic E-state index is 0.345. The van der Waals surface area contributed by atoms with E-state index in [2.05, 4.69) is 43.2 Å². The van der Waals surface area contributed by atoms with Gasteiger partial charge in [0.25, 0.3) is 0 Å². The molecule has 2 N–H and O–H groups in total. The highest BCUT2D eigenvalue weighted by atomic mass is 32.1. The van der Waals surface area contributed by atoms with Crippen molar-refractivity contribution in [3.8, 4) is 0 Å². The fourth-order valence-corrected chi connectivity index (χ4v) is 2.07. The molecule has 0 saturated carbocycles. The third-order valence-electron chi connectivity index (χ3n) is 3.00. The SMILES string of the molecule is CC(C)CCc1c(C(N)=S)nnn1CCCN(C)C.